The Bertz CT molecular complexity index is 750. The molecule has 1 heterocycles. The van der Waals surface area contributed by atoms with Crippen LogP contribution in [-0.4, -0.2) is 9.78 Å². The van der Waals surface area contributed by atoms with Gasteiger partial charge in [-0.25, -0.2) is 9.07 Å². The number of hydrogen-bond acceptors (Lipinski definition) is 2. The largest absolute Gasteiger partial charge is 0.396 e. The number of rotatable bonds is 2. The fourth-order valence-electron chi connectivity index (χ4n) is 1.98. The van der Waals surface area contributed by atoms with Gasteiger partial charge in [-0.15, -0.1) is 0 Å². The summed E-state index contributed by atoms with van der Waals surface area (Å²) in [6.45, 7) is 0. The van der Waals surface area contributed by atoms with E-state index >= 15 is 0 Å². The third-order valence-electron chi connectivity index (χ3n) is 2.96. The van der Waals surface area contributed by atoms with Crippen molar-refractivity contribution in [2.45, 2.75) is 0 Å². The summed E-state index contributed by atoms with van der Waals surface area (Å²) in [6, 6.07) is 14.1. The lowest BCUT2D eigenvalue weighted by Crippen LogP contribution is -1.95. The monoisotopic (exact) mass is 331 g/mol. The van der Waals surface area contributed by atoms with Crippen molar-refractivity contribution in [1.29, 1.82) is 0 Å². The molecule has 1 aromatic heterocycles. The maximum Gasteiger partial charge on any atom is 0.132 e. The van der Waals surface area contributed by atoms with E-state index in [0.717, 1.165) is 10.2 Å². The van der Waals surface area contributed by atoms with Crippen LogP contribution in [0, 0.1) is 5.82 Å². The Hall–Kier alpha value is -2.14. The standard InChI is InChI=1S/C15H11BrFN3/c16-10-5-7-11(8-6-10)20-9-14(18)15(19-20)12-3-1-2-4-13(12)17/h1-9H,18H2. The Morgan fingerprint density at radius 3 is 2.45 bits per heavy atom. The topological polar surface area (TPSA) is 43.8 Å². The van der Waals surface area contributed by atoms with Crippen molar-refractivity contribution in [2.75, 3.05) is 5.73 Å². The predicted octanol–water partition coefficient (Wildman–Crippen LogP) is 4.02. The lowest BCUT2D eigenvalue weighted by atomic mass is 10.1. The molecule has 3 nitrogen and oxygen atoms in total. The summed E-state index contributed by atoms with van der Waals surface area (Å²) >= 11 is 3.38. The summed E-state index contributed by atoms with van der Waals surface area (Å²) in [4.78, 5) is 0. The molecule has 0 aliphatic rings. The Balaban J connectivity index is 2.08. The van der Waals surface area contributed by atoms with Gasteiger partial charge in [0.05, 0.1) is 17.6 Å². The Morgan fingerprint density at radius 1 is 1.05 bits per heavy atom. The Morgan fingerprint density at radius 2 is 1.75 bits per heavy atom. The lowest BCUT2D eigenvalue weighted by Gasteiger charge is -2.01. The molecule has 0 radical (unpaired) electrons. The first-order chi connectivity index (χ1) is 9.65. The second-order valence-corrected chi connectivity index (χ2v) is 5.25. The Labute approximate surface area is 124 Å². The molecule has 3 rings (SSSR count). The van der Waals surface area contributed by atoms with Crippen LogP contribution in [0.15, 0.2) is 59.2 Å². The highest BCUT2D eigenvalue weighted by atomic mass is 79.9. The molecule has 2 N–H and O–H groups in total. The maximum atomic E-state index is 13.8. The second kappa shape index (κ2) is 5.09. The third-order valence-corrected chi connectivity index (χ3v) is 3.49. The fraction of sp³-hybridized carbons (Fsp3) is 0. The summed E-state index contributed by atoms with van der Waals surface area (Å²) in [6.07, 6.45) is 1.69. The summed E-state index contributed by atoms with van der Waals surface area (Å²) in [5.41, 5.74) is 8.11. The van der Waals surface area contributed by atoms with Crippen molar-refractivity contribution in [3.05, 3.63) is 65.0 Å². The number of nitrogens with zero attached hydrogens (tertiary/aromatic N) is 2. The minimum atomic E-state index is -0.333. The minimum Gasteiger partial charge on any atom is -0.396 e. The van der Waals surface area contributed by atoms with Gasteiger partial charge in [-0.2, -0.15) is 5.10 Å². The number of hydrogen-bond donors (Lipinski definition) is 1. The van der Waals surface area contributed by atoms with Gasteiger partial charge in [-0.1, -0.05) is 28.1 Å². The second-order valence-electron chi connectivity index (χ2n) is 4.33. The van der Waals surface area contributed by atoms with Gasteiger partial charge in [0.1, 0.15) is 11.5 Å². The van der Waals surface area contributed by atoms with Crippen LogP contribution in [0.3, 0.4) is 0 Å². The van der Waals surface area contributed by atoms with Gasteiger partial charge in [0.15, 0.2) is 0 Å². The summed E-state index contributed by atoms with van der Waals surface area (Å²) in [7, 11) is 0. The number of nitrogen functional groups attached to an aromatic ring is 1. The zero-order chi connectivity index (χ0) is 14.1. The molecule has 0 fully saturated rings. The van der Waals surface area contributed by atoms with Crippen molar-refractivity contribution < 1.29 is 4.39 Å². The van der Waals surface area contributed by atoms with Gasteiger partial charge in [0, 0.05) is 10.0 Å². The zero-order valence-electron chi connectivity index (χ0n) is 10.4. The molecule has 0 bridgehead atoms. The fourth-order valence-corrected chi connectivity index (χ4v) is 2.24. The van der Waals surface area contributed by atoms with Crippen molar-refractivity contribution in [1.82, 2.24) is 9.78 Å². The van der Waals surface area contributed by atoms with Crippen LogP contribution in [0.25, 0.3) is 16.9 Å². The molecule has 0 saturated carbocycles. The molecule has 0 amide bonds. The van der Waals surface area contributed by atoms with Crippen LogP contribution in [0.1, 0.15) is 0 Å². The zero-order valence-corrected chi connectivity index (χ0v) is 12.0. The molecule has 3 aromatic rings. The van der Waals surface area contributed by atoms with Gasteiger partial charge < -0.3 is 5.73 Å². The molecule has 0 unspecified atom stereocenters. The van der Waals surface area contributed by atoms with Gasteiger partial charge in [-0.05, 0) is 36.4 Å². The van der Waals surface area contributed by atoms with Crippen LogP contribution in [-0.2, 0) is 0 Å². The smallest absolute Gasteiger partial charge is 0.132 e. The van der Waals surface area contributed by atoms with Crippen LogP contribution in [0.4, 0.5) is 10.1 Å². The van der Waals surface area contributed by atoms with E-state index in [9.17, 15) is 4.39 Å². The van der Waals surface area contributed by atoms with E-state index in [1.807, 2.05) is 24.3 Å². The average molecular weight is 332 g/mol. The molecule has 0 aliphatic heterocycles. The highest BCUT2D eigenvalue weighted by molar-refractivity contribution is 9.10. The first-order valence-electron chi connectivity index (χ1n) is 6.01. The molecular formula is C15H11BrFN3. The SMILES string of the molecule is Nc1cn(-c2ccc(Br)cc2)nc1-c1ccccc1F. The van der Waals surface area contributed by atoms with Gasteiger partial charge in [-0.3, -0.25) is 0 Å². The molecule has 0 atom stereocenters. The van der Waals surface area contributed by atoms with E-state index in [-0.39, 0.29) is 5.82 Å². The number of aromatic nitrogens is 2. The summed E-state index contributed by atoms with van der Waals surface area (Å²) < 4.78 is 16.4. The normalized spacial score (nSPS) is 10.7. The third kappa shape index (κ3) is 2.32. The van der Waals surface area contributed by atoms with E-state index in [4.69, 9.17) is 5.73 Å². The molecule has 20 heavy (non-hydrogen) atoms. The van der Waals surface area contributed by atoms with E-state index < -0.39 is 0 Å². The van der Waals surface area contributed by atoms with Gasteiger partial charge in [0.25, 0.3) is 0 Å². The van der Waals surface area contributed by atoms with E-state index in [1.54, 1.807) is 29.1 Å². The molecule has 5 heteroatoms. The van der Waals surface area contributed by atoms with Crippen LogP contribution < -0.4 is 5.73 Å². The molecule has 0 saturated heterocycles. The number of anilines is 1. The molecule has 2 aromatic carbocycles. The maximum absolute atomic E-state index is 13.8. The van der Waals surface area contributed by atoms with Crippen molar-refractivity contribution in [3.8, 4) is 16.9 Å². The molecule has 100 valence electrons. The van der Waals surface area contributed by atoms with Crippen molar-refractivity contribution in [3.63, 3.8) is 0 Å². The number of halogens is 2. The van der Waals surface area contributed by atoms with Crippen molar-refractivity contribution in [2.24, 2.45) is 0 Å². The van der Waals surface area contributed by atoms with Crippen LogP contribution in [0.2, 0.25) is 0 Å². The Kier molecular flexibility index (Phi) is 3.28. The number of nitrogens with two attached hydrogens (primary N) is 1. The number of benzene rings is 2. The predicted molar refractivity (Wildman–Crippen MR) is 81.1 cm³/mol. The van der Waals surface area contributed by atoms with Crippen molar-refractivity contribution >= 4 is 21.6 Å². The first-order valence-corrected chi connectivity index (χ1v) is 6.80. The van der Waals surface area contributed by atoms with E-state index in [1.165, 1.54) is 6.07 Å². The quantitative estimate of drug-likeness (QED) is 0.770. The van der Waals surface area contributed by atoms with Gasteiger partial charge >= 0.3 is 0 Å². The van der Waals surface area contributed by atoms with E-state index in [2.05, 4.69) is 21.0 Å². The van der Waals surface area contributed by atoms with Crippen LogP contribution in [0.5, 0.6) is 0 Å². The summed E-state index contributed by atoms with van der Waals surface area (Å²) in [5.74, 6) is -0.333. The minimum absolute atomic E-state index is 0.333. The molecule has 0 aliphatic carbocycles. The molecular weight excluding hydrogens is 321 g/mol. The highest BCUT2D eigenvalue weighted by Crippen LogP contribution is 2.27. The van der Waals surface area contributed by atoms with E-state index in [0.29, 0.717) is 16.9 Å². The average Bonchev–Trinajstić information content (AvgIpc) is 2.82. The van der Waals surface area contributed by atoms with Crippen LogP contribution >= 0.6 is 15.9 Å². The summed E-state index contributed by atoms with van der Waals surface area (Å²) in [5, 5.41) is 4.38. The molecule has 0 spiro atoms. The first kappa shape index (κ1) is 12.9. The lowest BCUT2D eigenvalue weighted by molar-refractivity contribution is 0.630. The highest BCUT2D eigenvalue weighted by Gasteiger charge is 2.13. The van der Waals surface area contributed by atoms with Gasteiger partial charge in [0.2, 0.25) is 0 Å².